The van der Waals surface area contributed by atoms with E-state index in [-0.39, 0.29) is 5.92 Å². The fourth-order valence-corrected chi connectivity index (χ4v) is 1.31. The maximum absolute atomic E-state index is 9.12. The van der Waals surface area contributed by atoms with E-state index in [0.717, 1.165) is 25.2 Å². The van der Waals surface area contributed by atoms with Crippen LogP contribution in [0.25, 0.3) is 0 Å². The standard InChI is InChI=1S/C13H21N3/c1-5-8-13(15-6-2)12(11-14)9-10-16(4)7-3/h5-6,8,12H,2,7,9-10H2,1,3-4H3/b8-5+,15-13?. The van der Waals surface area contributed by atoms with Crippen molar-refractivity contribution < 1.29 is 0 Å². The average molecular weight is 219 g/mol. The molecule has 0 bridgehead atoms. The highest BCUT2D eigenvalue weighted by molar-refractivity contribution is 5.98. The molecule has 0 aliphatic rings. The maximum Gasteiger partial charge on any atom is 0.0896 e. The molecule has 0 aliphatic heterocycles. The molecule has 0 N–H and O–H groups in total. The first-order valence-electron chi connectivity index (χ1n) is 5.59. The minimum Gasteiger partial charge on any atom is -0.307 e. The Bertz CT molecular complexity index is 297. The van der Waals surface area contributed by atoms with Gasteiger partial charge in [0.15, 0.2) is 0 Å². The molecule has 3 heteroatoms. The van der Waals surface area contributed by atoms with E-state index in [9.17, 15) is 0 Å². The van der Waals surface area contributed by atoms with Crippen molar-refractivity contribution in [3.05, 3.63) is 24.9 Å². The second-order valence-corrected chi connectivity index (χ2v) is 3.60. The van der Waals surface area contributed by atoms with Crippen LogP contribution in [0.3, 0.4) is 0 Å². The van der Waals surface area contributed by atoms with Crippen LogP contribution < -0.4 is 0 Å². The second-order valence-electron chi connectivity index (χ2n) is 3.60. The molecule has 0 fully saturated rings. The highest BCUT2D eigenvalue weighted by Crippen LogP contribution is 2.08. The van der Waals surface area contributed by atoms with E-state index in [4.69, 9.17) is 5.26 Å². The molecule has 0 spiro atoms. The number of nitriles is 1. The summed E-state index contributed by atoms with van der Waals surface area (Å²) in [5.41, 5.74) is 0.796. The summed E-state index contributed by atoms with van der Waals surface area (Å²) in [6, 6.07) is 2.29. The Balaban J connectivity index is 4.52. The molecule has 0 radical (unpaired) electrons. The zero-order valence-corrected chi connectivity index (χ0v) is 10.5. The lowest BCUT2D eigenvalue weighted by Crippen LogP contribution is -2.23. The third-order valence-corrected chi connectivity index (χ3v) is 2.43. The Morgan fingerprint density at radius 1 is 1.62 bits per heavy atom. The molecule has 88 valence electrons. The van der Waals surface area contributed by atoms with Gasteiger partial charge < -0.3 is 4.90 Å². The number of rotatable bonds is 7. The molecule has 0 heterocycles. The third kappa shape index (κ3) is 5.47. The van der Waals surface area contributed by atoms with Gasteiger partial charge in [0.05, 0.1) is 17.7 Å². The first-order valence-corrected chi connectivity index (χ1v) is 5.59. The summed E-state index contributed by atoms with van der Waals surface area (Å²) in [7, 11) is 2.05. The number of hydrogen-bond acceptors (Lipinski definition) is 3. The maximum atomic E-state index is 9.12. The van der Waals surface area contributed by atoms with Gasteiger partial charge in [-0.25, -0.2) is 0 Å². The number of hydrogen-bond donors (Lipinski definition) is 0. The van der Waals surface area contributed by atoms with Gasteiger partial charge in [-0.1, -0.05) is 19.6 Å². The number of aliphatic imine (C=N–C) groups is 1. The fraction of sp³-hybridized carbons (Fsp3) is 0.538. The smallest absolute Gasteiger partial charge is 0.0896 e. The Morgan fingerprint density at radius 2 is 2.31 bits per heavy atom. The van der Waals surface area contributed by atoms with E-state index in [0.29, 0.717) is 0 Å². The topological polar surface area (TPSA) is 39.4 Å². The summed E-state index contributed by atoms with van der Waals surface area (Å²) < 4.78 is 0. The Hall–Kier alpha value is -1.40. The summed E-state index contributed by atoms with van der Waals surface area (Å²) in [5.74, 6) is -0.150. The van der Waals surface area contributed by atoms with Gasteiger partial charge in [0.2, 0.25) is 0 Å². The third-order valence-electron chi connectivity index (χ3n) is 2.43. The second kappa shape index (κ2) is 8.87. The van der Waals surface area contributed by atoms with Crippen LogP contribution in [0.15, 0.2) is 29.9 Å². The minimum absolute atomic E-state index is 0.150. The van der Waals surface area contributed by atoms with Crippen molar-refractivity contribution in [3.8, 4) is 6.07 Å². The van der Waals surface area contributed by atoms with Crippen molar-refractivity contribution in [2.24, 2.45) is 10.9 Å². The van der Waals surface area contributed by atoms with Crippen molar-refractivity contribution in [2.75, 3.05) is 20.1 Å². The van der Waals surface area contributed by atoms with Gasteiger partial charge in [-0.15, -0.1) is 0 Å². The van der Waals surface area contributed by atoms with Crippen LogP contribution in [0.5, 0.6) is 0 Å². The lowest BCUT2D eigenvalue weighted by molar-refractivity contribution is 0.342. The molecule has 0 aromatic carbocycles. The molecule has 0 amide bonds. The van der Waals surface area contributed by atoms with E-state index >= 15 is 0 Å². The highest BCUT2D eigenvalue weighted by Gasteiger charge is 2.13. The van der Waals surface area contributed by atoms with Crippen molar-refractivity contribution in [1.29, 1.82) is 5.26 Å². The van der Waals surface area contributed by atoms with E-state index in [1.807, 2.05) is 19.1 Å². The molecule has 1 unspecified atom stereocenters. The summed E-state index contributed by atoms with van der Waals surface area (Å²) in [6.45, 7) is 9.50. The summed E-state index contributed by atoms with van der Waals surface area (Å²) in [6.07, 6.45) is 6.07. The molecule has 0 aromatic rings. The molecule has 0 saturated carbocycles. The van der Waals surface area contributed by atoms with Crippen LogP contribution in [0, 0.1) is 17.2 Å². The molecule has 0 aliphatic carbocycles. The molecular formula is C13H21N3. The molecule has 0 rings (SSSR count). The number of nitrogens with zero attached hydrogens (tertiary/aromatic N) is 3. The van der Waals surface area contributed by atoms with Gasteiger partial charge in [-0.3, -0.25) is 4.99 Å². The lowest BCUT2D eigenvalue weighted by Gasteiger charge is -2.16. The molecule has 1 atom stereocenters. The van der Waals surface area contributed by atoms with Crippen LogP contribution in [0.1, 0.15) is 20.3 Å². The van der Waals surface area contributed by atoms with Gasteiger partial charge in [0.1, 0.15) is 0 Å². The van der Waals surface area contributed by atoms with E-state index in [1.165, 1.54) is 6.20 Å². The van der Waals surface area contributed by atoms with Gasteiger partial charge in [0, 0.05) is 6.20 Å². The van der Waals surface area contributed by atoms with E-state index in [2.05, 4.69) is 36.5 Å². The van der Waals surface area contributed by atoms with Crippen LogP contribution in [-0.2, 0) is 0 Å². The first kappa shape index (κ1) is 14.6. The predicted octanol–water partition coefficient (Wildman–Crippen LogP) is 2.63. The Labute approximate surface area is 98.8 Å². The van der Waals surface area contributed by atoms with E-state index < -0.39 is 0 Å². The zero-order chi connectivity index (χ0) is 12.4. The molecular weight excluding hydrogens is 198 g/mol. The predicted molar refractivity (Wildman–Crippen MR) is 69.3 cm³/mol. The summed E-state index contributed by atoms with van der Waals surface area (Å²) >= 11 is 0. The minimum atomic E-state index is -0.150. The van der Waals surface area contributed by atoms with Crippen molar-refractivity contribution in [2.45, 2.75) is 20.3 Å². The highest BCUT2D eigenvalue weighted by atomic mass is 15.1. The lowest BCUT2D eigenvalue weighted by atomic mass is 10.00. The average Bonchev–Trinajstić information content (AvgIpc) is 2.30. The van der Waals surface area contributed by atoms with Gasteiger partial charge in [-0.05, 0) is 39.6 Å². The van der Waals surface area contributed by atoms with Crippen LogP contribution in [-0.4, -0.2) is 30.7 Å². The van der Waals surface area contributed by atoms with Crippen LogP contribution >= 0.6 is 0 Å². The molecule has 16 heavy (non-hydrogen) atoms. The molecule has 3 nitrogen and oxygen atoms in total. The zero-order valence-electron chi connectivity index (χ0n) is 10.5. The molecule has 0 saturated heterocycles. The number of allylic oxidation sites excluding steroid dienone is 2. The normalized spacial score (nSPS) is 14.1. The van der Waals surface area contributed by atoms with E-state index in [1.54, 1.807) is 0 Å². The van der Waals surface area contributed by atoms with Gasteiger partial charge in [-0.2, -0.15) is 5.26 Å². The van der Waals surface area contributed by atoms with Crippen molar-refractivity contribution in [3.63, 3.8) is 0 Å². The summed E-state index contributed by atoms with van der Waals surface area (Å²) in [5, 5.41) is 9.12. The van der Waals surface area contributed by atoms with Crippen LogP contribution in [0.4, 0.5) is 0 Å². The Morgan fingerprint density at radius 3 is 2.75 bits per heavy atom. The fourth-order valence-electron chi connectivity index (χ4n) is 1.31. The van der Waals surface area contributed by atoms with Crippen molar-refractivity contribution in [1.82, 2.24) is 4.90 Å². The monoisotopic (exact) mass is 219 g/mol. The largest absolute Gasteiger partial charge is 0.307 e. The van der Waals surface area contributed by atoms with Crippen molar-refractivity contribution >= 4 is 5.71 Å². The van der Waals surface area contributed by atoms with Gasteiger partial charge >= 0.3 is 0 Å². The SMILES string of the molecule is C=CN=C(/C=C/C)C(C#N)CCN(C)CC. The quantitative estimate of drug-likeness (QED) is 0.617. The van der Waals surface area contributed by atoms with Crippen LogP contribution in [0.2, 0.25) is 0 Å². The van der Waals surface area contributed by atoms with Gasteiger partial charge in [0.25, 0.3) is 0 Å². The first-order chi connectivity index (χ1) is 7.69. The summed E-state index contributed by atoms with van der Waals surface area (Å²) in [4.78, 5) is 6.33. The molecule has 0 aromatic heterocycles. The Kier molecular flexibility index (Phi) is 8.10.